The van der Waals surface area contributed by atoms with Gasteiger partial charge in [0.1, 0.15) is 4.88 Å². The summed E-state index contributed by atoms with van der Waals surface area (Å²) < 4.78 is 29.6. The molecule has 1 N–H and O–H groups in total. The van der Waals surface area contributed by atoms with E-state index in [1.807, 2.05) is 6.92 Å². The minimum absolute atomic E-state index is 0.114. The fraction of sp³-hybridized carbons (Fsp3) is 0.357. The molecule has 0 bridgehead atoms. The second-order valence-corrected chi connectivity index (χ2v) is 7.85. The first-order valence-electron chi connectivity index (χ1n) is 6.97. The molecule has 1 amide bonds. The second-order valence-electron chi connectivity index (χ2n) is 4.98. The zero-order valence-electron chi connectivity index (χ0n) is 13.1. The molecular weight excluding hydrogens is 336 g/mol. The molecule has 0 radical (unpaired) electrons. The minimum atomic E-state index is -3.56. The van der Waals surface area contributed by atoms with E-state index >= 15 is 0 Å². The molecule has 1 aromatic heterocycles. The number of nitrogens with one attached hydrogen (secondary N) is 1. The third-order valence-corrected chi connectivity index (χ3v) is 5.95. The summed E-state index contributed by atoms with van der Waals surface area (Å²) in [5.41, 5.74) is 1.17. The Morgan fingerprint density at radius 3 is 2.65 bits per heavy atom. The van der Waals surface area contributed by atoms with Crippen molar-refractivity contribution < 1.29 is 13.2 Å². The summed E-state index contributed by atoms with van der Waals surface area (Å²) in [6.45, 7) is 2.01. The molecule has 0 aliphatic heterocycles. The third kappa shape index (κ3) is 3.74. The summed E-state index contributed by atoms with van der Waals surface area (Å²) in [4.78, 5) is 12.9. The average molecular weight is 354 g/mol. The maximum atomic E-state index is 12.3. The van der Waals surface area contributed by atoms with Gasteiger partial charge in [-0.3, -0.25) is 4.79 Å². The van der Waals surface area contributed by atoms with E-state index in [0.717, 1.165) is 15.8 Å². The minimum Gasteiger partial charge on any atom is -0.347 e. The Kier molecular flexibility index (Phi) is 5.45. The summed E-state index contributed by atoms with van der Waals surface area (Å²) >= 11 is 1.03. The normalized spacial score (nSPS) is 11.7. The molecule has 1 heterocycles. The quantitative estimate of drug-likeness (QED) is 0.844. The van der Waals surface area contributed by atoms with Crippen molar-refractivity contribution >= 4 is 27.5 Å². The van der Waals surface area contributed by atoms with Gasteiger partial charge in [0.15, 0.2) is 0 Å². The molecule has 0 saturated heterocycles. The maximum Gasteiger partial charge on any atom is 0.265 e. The van der Waals surface area contributed by atoms with Crippen molar-refractivity contribution in [2.45, 2.75) is 24.8 Å². The van der Waals surface area contributed by atoms with Crippen LogP contribution in [0.15, 0.2) is 29.2 Å². The van der Waals surface area contributed by atoms with Crippen LogP contribution >= 0.6 is 11.5 Å². The number of hydrogen-bond donors (Lipinski definition) is 1. The van der Waals surface area contributed by atoms with Gasteiger partial charge >= 0.3 is 0 Å². The van der Waals surface area contributed by atoms with Gasteiger partial charge < -0.3 is 5.32 Å². The number of nitrogens with zero attached hydrogens (tertiary/aromatic N) is 3. The predicted octanol–water partition coefficient (Wildman–Crippen LogP) is 1.28. The molecule has 2 rings (SSSR count). The number of rotatable bonds is 6. The van der Waals surface area contributed by atoms with Crippen molar-refractivity contribution in [1.82, 2.24) is 19.2 Å². The Morgan fingerprint density at radius 1 is 1.30 bits per heavy atom. The van der Waals surface area contributed by atoms with Gasteiger partial charge in [-0.05, 0) is 29.6 Å². The van der Waals surface area contributed by atoms with Crippen LogP contribution in [0.5, 0.6) is 0 Å². The summed E-state index contributed by atoms with van der Waals surface area (Å²) in [5, 5.41) is 6.63. The highest BCUT2D eigenvalue weighted by molar-refractivity contribution is 7.89. The first-order valence-corrected chi connectivity index (χ1v) is 9.19. The van der Waals surface area contributed by atoms with Gasteiger partial charge in [-0.2, -0.15) is 0 Å². The second kappa shape index (κ2) is 7.16. The van der Waals surface area contributed by atoms with Crippen LogP contribution in [0.1, 0.15) is 27.9 Å². The summed E-state index contributed by atoms with van der Waals surface area (Å²) in [5.74, 6) is -0.297. The van der Waals surface area contributed by atoms with Gasteiger partial charge in [0, 0.05) is 20.6 Å². The number of aromatic nitrogens is 2. The van der Waals surface area contributed by atoms with E-state index in [4.69, 9.17) is 0 Å². The van der Waals surface area contributed by atoms with E-state index in [1.165, 1.54) is 20.2 Å². The highest BCUT2D eigenvalue weighted by Gasteiger charge is 2.21. The van der Waals surface area contributed by atoms with E-state index in [-0.39, 0.29) is 17.3 Å². The molecule has 0 unspecified atom stereocenters. The van der Waals surface area contributed by atoms with Gasteiger partial charge in [-0.15, -0.1) is 5.10 Å². The Labute approximate surface area is 139 Å². The molecule has 1 aromatic carbocycles. The van der Waals surface area contributed by atoms with Crippen molar-refractivity contribution in [3.63, 3.8) is 0 Å². The highest BCUT2D eigenvalue weighted by atomic mass is 32.2. The lowest BCUT2D eigenvalue weighted by Gasteiger charge is -2.15. The first kappa shape index (κ1) is 17.5. The zero-order chi connectivity index (χ0) is 17.0. The predicted molar refractivity (Wildman–Crippen MR) is 87.8 cm³/mol. The van der Waals surface area contributed by atoms with E-state index in [9.17, 15) is 13.2 Å². The van der Waals surface area contributed by atoms with Gasteiger partial charge in [-0.1, -0.05) is 29.6 Å². The molecular formula is C14H18N4O3S2. The molecule has 0 aliphatic rings. The van der Waals surface area contributed by atoms with Crippen molar-refractivity contribution in [1.29, 1.82) is 0 Å². The van der Waals surface area contributed by atoms with Crippen LogP contribution in [-0.2, 0) is 23.0 Å². The molecule has 0 fully saturated rings. The topological polar surface area (TPSA) is 92.3 Å². The van der Waals surface area contributed by atoms with Crippen molar-refractivity contribution in [3.05, 3.63) is 40.4 Å². The van der Waals surface area contributed by atoms with Gasteiger partial charge in [0.2, 0.25) is 10.0 Å². The first-order chi connectivity index (χ1) is 10.9. The number of sulfonamides is 1. The lowest BCUT2D eigenvalue weighted by molar-refractivity contribution is 0.0953. The smallest absolute Gasteiger partial charge is 0.265 e. The maximum absolute atomic E-state index is 12.3. The number of carbonyl (C=O) groups excluding carboxylic acids is 1. The average Bonchev–Trinajstić information content (AvgIpc) is 3.01. The standard InChI is InChI=1S/C14H18N4O3S2/c1-4-11-13(22-17-16-11)14(19)15-9-10-7-5-6-8-12(10)23(20,21)18(2)3/h5-8H,4,9H2,1-3H3,(H,15,19). The Bertz CT molecular complexity index is 800. The fourth-order valence-electron chi connectivity index (χ4n) is 1.97. The van der Waals surface area contributed by atoms with Crippen molar-refractivity contribution in [2.75, 3.05) is 14.1 Å². The number of carbonyl (C=O) groups is 1. The summed E-state index contributed by atoms with van der Waals surface area (Å²) in [7, 11) is -0.615. The van der Waals surface area contributed by atoms with E-state index in [0.29, 0.717) is 22.6 Å². The van der Waals surface area contributed by atoms with Crippen molar-refractivity contribution in [3.8, 4) is 0 Å². The van der Waals surface area contributed by atoms with Crippen LogP contribution in [-0.4, -0.2) is 42.3 Å². The lowest BCUT2D eigenvalue weighted by Crippen LogP contribution is -2.27. The molecule has 23 heavy (non-hydrogen) atoms. The summed E-state index contributed by atoms with van der Waals surface area (Å²) in [6, 6.07) is 6.61. The van der Waals surface area contributed by atoms with E-state index < -0.39 is 10.0 Å². The number of amides is 1. The Morgan fingerprint density at radius 2 is 2.00 bits per heavy atom. The van der Waals surface area contributed by atoms with Crippen molar-refractivity contribution in [2.24, 2.45) is 0 Å². The van der Waals surface area contributed by atoms with Crippen LogP contribution in [0.2, 0.25) is 0 Å². The van der Waals surface area contributed by atoms with Gasteiger partial charge in [0.05, 0.1) is 10.6 Å². The molecule has 0 aliphatic carbocycles. The number of hydrogen-bond acceptors (Lipinski definition) is 6. The fourth-order valence-corrected chi connectivity index (χ4v) is 3.75. The number of aryl methyl sites for hydroxylation is 1. The van der Waals surface area contributed by atoms with E-state index in [1.54, 1.807) is 18.2 Å². The Balaban J connectivity index is 2.21. The molecule has 9 heteroatoms. The van der Waals surface area contributed by atoms with Crippen LogP contribution in [0.25, 0.3) is 0 Å². The van der Waals surface area contributed by atoms with Crippen LogP contribution in [0.4, 0.5) is 0 Å². The molecule has 2 aromatic rings. The molecule has 7 nitrogen and oxygen atoms in total. The molecule has 124 valence electrons. The SMILES string of the molecule is CCc1nnsc1C(=O)NCc1ccccc1S(=O)(=O)N(C)C. The van der Waals surface area contributed by atoms with Crippen LogP contribution < -0.4 is 5.32 Å². The Hall–Kier alpha value is -1.84. The highest BCUT2D eigenvalue weighted by Crippen LogP contribution is 2.19. The summed E-state index contributed by atoms with van der Waals surface area (Å²) in [6.07, 6.45) is 0.616. The molecule has 0 atom stereocenters. The molecule has 0 saturated carbocycles. The van der Waals surface area contributed by atoms with Crippen LogP contribution in [0, 0.1) is 0 Å². The monoisotopic (exact) mass is 354 g/mol. The van der Waals surface area contributed by atoms with E-state index in [2.05, 4.69) is 14.9 Å². The number of benzene rings is 1. The third-order valence-electron chi connectivity index (χ3n) is 3.27. The van der Waals surface area contributed by atoms with Gasteiger partial charge in [-0.25, -0.2) is 12.7 Å². The van der Waals surface area contributed by atoms with Gasteiger partial charge in [0.25, 0.3) is 5.91 Å². The van der Waals surface area contributed by atoms with Crippen LogP contribution in [0.3, 0.4) is 0 Å². The molecule has 0 spiro atoms. The lowest BCUT2D eigenvalue weighted by atomic mass is 10.2. The largest absolute Gasteiger partial charge is 0.347 e. The zero-order valence-corrected chi connectivity index (χ0v) is 14.7.